The predicted molar refractivity (Wildman–Crippen MR) is 89.9 cm³/mol. The van der Waals surface area contributed by atoms with Gasteiger partial charge in [0.15, 0.2) is 0 Å². The molecule has 0 aliphatic heterocycles. The van der Waals surface area contributed by atoms with Gasteiger partial charge in [0.1, 0.15) is 5.75 Å². The molecule has 0 fully saturated rings. The van der Waals surface area contributed by atoms with E-state index in [0.717, 1.165) is 11.3 Å². The van der Waals surface area contributed by atoms with Crippen LogP contribution < -0.4 is 10.1 Å². The first kappa shape index (κ1) is 16.0. The van der Waals surface area contributed by atoms with Crippen LogP contribution in [-0.2, 0) is 4.79 Å². The zero-order valence-electron chi connectivity index (χ0n) is 12.8. The van der Waals surface area contributed by atoms with Gasteiger partial charge in [-0.05, 0) is 36.4 Å². The van der Waals surface area contributed by atoms with E-state index in [-0.39, 0.29) is 11.7 Å². The second-order valence-electron chi connectivity index (χ2n) is 4.67. The molecular weight excluding hydrogens is 328 g/mol. The summed E-state index contributed by atoms with van der Waals surface area (Å²) < 4.78 is 10.7. The van der Waals surface area contributed by atoms with Crippen LogP contribution >= 0.6 is 11.8 Å². The molecule has 1 N–H and O–H groups in total. The van der Waals surface area contributed by atoms with Crippen LogP contribution in [0.5, 0.6) is 5.75 Å². The molecule has 2 aromatic heterocycles. The van der Waals surface area contributed by atoms with E-state index in [9.17, 15) is 4.79 Å². The summed E-state index contributed by atoms with van der Waals surface area (Å²) in [5, 5.41) is 11.0. The van der Waals surface area contributed by atoms with Crippen molar-refractivity contribution in [1.29, 1.82) is 0 Å². The van der Waals surface area contributed by atoms with Crippen molar-refractivity contribution in [1.82, 2.24) is 15.2 Å². The molecule has 2 heterocycles. The van der Waals surface area contributed by atoms with Gasteiger partial charge in [-0.25, -0.2) is 0 Å². The van der Waals surface area contributed by atoms with E-state index >= 15 is 0 Å². The average Bonchev–Trinajstić information content (AvgIpc) is 3.10. The molecule has 7 nitrogen and oxygen atoms in total. The summed E-state index contributed by atoms with van der Waals surface area (Å²) in [4.78, 5) is 15.8. The molecule has 0 saturated carbocycles. The number of thioether (sulfide) groups is 1. The smallest absolute Gasteiger partial charge is 0.277 e. The van der Waals surface area contributed by atoms with Crippen molar-refractivity contribution in [3.05, 3.63) is 48.8 Å². The number of rotatable bonds is 6. The fraction of sp³-hybridized carbons (Fsp3) is 0.125. The third-order valence-electron chi connectivity index (χ3n) is 3.03. The molecule has 0 spiro atoms. The largest absolute Gasteiger partial charge is 0.497 e. The van der Waals surface area contributed by atoms with Gasteiger partial charge in [-0.1, -0.05) is 11.8 Å². The van der Waals surface area contributed by atoms with E-state index in [4.69, 9.17) is 9.15 Å². The number of nitrogens with zero attached hydrogens (tertiary/aromatic N) is 3. The molecule has 0 radical (unpaired) electrons. The molecule has 0 aliphatic rings. The summed E-state index contributed by atoms with van der Waals surface area (Å²) in [6, 6.07) is 10.7. The Morgan fingerprint density at radius 1 is 1.17 bits per heavy atom. The number of carbonyl (C=O) groups is 1. The van der Waals surface area contributed by atoms with Crippen molar-refractivity contribution in [3.63, 3.8) is 0 Å². The number of hydrogen-bond acceptors (Lipinski definition) is 7. The third-order valence-corrected chi connectivity index (χ3v) is 3.85. The molecule has 0 bridgehead atoms. The lowest BCUT2D eigenvalue weighted by atomic mass is 10.2. The van der Waals surface area contributed by atoms with Crippen LogP contribution in [0.25, 0.3) is 11.5 Å². The van der Waals surface area contributed by atoms with Crippen molar-refractivity contribution in [2.75, 3.05) is 18.2 Å². The molecule has 3 rings (SSSR count). The van der Waals surface area contributed by atoms with Crippen molar-refractivity contribution in [2.45, 2.75) is 5.22 Å². The molecule has 3 aromatic rings. The maximum Gasteiger partial charge on any atom is 0.277 e. The average molecular weight is 342 g/mol. The van der Waals surface area contributed by atoms with Crippen molar-refractivity contribution < 1.29 is 13.9 Å². The summed E-state index contributed by atoms with van der Waals surface area (Å²) in [5.41, 5.74) is 1.48. The van der Waals surface area contributed by atoms with E-state index in [2.05, 4.69) is 20.5 Å². The van der Waals surface area contributed by atoms with Gasteiger partial charge in [-0.3, -0.25) is 9.78 Å². The van der Waals surface area contributed by atoms with Crippen molar-refractivity contribution >= 4 is 23.4 Å². The number of methoxy groups -OCH3 is 1. The Morgan fingerprint density at radius 2 is 1.92 bits per heavy atom. The van der Waals surface area contributed by atoms with Crippen molar-refractivity contribution in [2.24, 2.45) is 0 Å². The van der Waals surface area contributed by atoms with Gasteiger partial charge < -0.3 is 14.5 Å². The number of benzene rings is 1. The Bertz CT molecular complexity index is 806. The zero-order valence-corrected chi connectivity index (χ0v) is 13.6. The highest BCUT2D eigenvalue weighted by molar-refractivity contribution is 7.99. The SMILES string of the molecule is COc1ccc(-c2nnc(SCC(=O)Nc3ccncc3)o2)cc1. The fourth-order valence-corrected chi connectivity index (χ4v) is 2.44. The van der Waals surface area contributed by atoms with Crippen LogP contribution in [0.4, 0.5) is 5.69 Å². The molecule has 1 aromatic carbocycles. The van der Waals surface area contributed by atoms with Crippen LogP contribution in [0.3, 0.4) is 0 Å². The van der Waals surface area contributed by atoms with E-state index < -0.39 is 0 Å². The topological polar surface area (TPSA) is 90.1 Å². The lowest BCUT2D eigenvalue weighted by Gasteiger charge is -2.02. The second kappa shape index (κ2) is 7.60. The first-order valence-corrected chi connectivity index (χ1v) is 8.04. The standard InChI is InChI=1S/C16H14N4O3S/c1-22-13-4-2-11(3-5-13)15-19-20-16(23-15)24-10-14(21)18-12-6-8-17-9-7-12/h2-9H,10H2,1H3,(H,17,18,21). The van der Waals surface area contributed by atoms with Crippen LogP contribution in [0, 0.1) is 0 Å². The van der Waals surface area contributed by atoms with Gasteiger partial charge in [0.2, 0.25) is 11.8 Å². The number of pyridine rings is 1. The number of aromatic nitrogens is 3. The molecule has 1 amide bonds. The zero-order chi connectivity index (χ0) is 16.8. The Morgan fingerprint density at radius 3 is 2.62 bits per heavy atom. The quantitative estimate of drug-likeness (QED) is 0.689. The van der Waals surface area contributed by atoms with Crippen molar-refractivity contribution in [3.8, 4) is 17.2 Å². The van der Waals surface area contributed by atoms with Gasteiger partial charge in [-0.2, -0.15) is 0 Å². The lowest BCUT2D eigenvalue weighted by molar-refractivity contribution is -0.113. The number of hydrogen-bond donors (Lipinski definition) is 1. The summed E-state index contributed by atoms with van der Waals surface area (Å²) in [7, 11) is 1.60. The Balaban J connectivity index is 1.56. The van der Waals surface area contributed by atoms with Gasteiger partial charge >= 0.3 is 0 Å². The number of anilines is 1. The molecule has 0 saturated heterocycles. The molecule has 0 aliphatic carbocycles. The monoisotopic (exact) mass is 342 g/mol. The maximum atomic E-state index is 11.9. The van der Waals surface area contributed by atoms with Crippen LogP contribution in [0.1, 0.15) is 0 Å². The Kier molecular flexibility index (Phi) is 5.07. The molecule has 0 unspecified atom stereocenters. The minimum Gasteiger partial charge on any atom is -0.497 e. The minimum absolute atomic E-state index is 0.157. The fourth-order valence-electron chi connectivity index (χ4n) is 1.88. The van der Waals surface area contributed by atoms with E-state index in [0.29, 0.717) is 16.8 Å². The van der Waals surface area contributed by atoms with Gasteiger partial charge in [0.25, 0.3) is 5.22 Å². The molecule has 0 atom stereocenters. The Labute approximate surface area is 142 Å². The summed E-state index contributed by atoms with van der Waals surface area (Å²) in [5.74, 6) is 1.16. The predicted octanol–water partition coefficient (Wildman–Crippen LogP) is 2.87. The molecule has 24 heavy (non-hydrogen) atoms. The third kappa shape index (κ3) is 4.11. The van der Waals surface area contributed by atoms with Gasteiger partial charge in [0, 0.05) is 23.6 Å². The molecular formula is C16H14N4O3S. The first-order chi connectivity index (χ1) is 11.7. The minimum atomic E-state index is -0.157. The number of amides is 1. The van der Waals surface area contributed by atoms with E-state index in [1.54, 1.807) is 31.6 Å². The normalized spacial score (nSPS) is 10.4. The Hall–Kier alpha value is -2.87. The van der Waals surface area contributed by atoms with Crippen LogP contribution in [0.2, 0.25) is 0 Å². The van der Waals surface area contributed by atoms with Crippen LogP contribution in [0.15, 0.2) is 58.4 Å². The first-order valence-electron chi connectivity index (χ1n) is 7.05. The highest BCUT2D eigenvalue weighted by atomic mass is 32.2. The molecule has 8 heteroatoms. The van der Waals surface area contributed by atoms with Gasteiger partial charge in [0.05, 0.1) is 12.9 Å². The maximum absolute atomic E-state index is 11.9. The summed E-state index contributed by atoms with van der Waals surface area (Å²) in [6.07, 6.45) is 3.23. The number of ether oxygens (including phenoxy) is 1. The highest BCUT2D eigenvalue weighted by Gasteiger charge is 2.11. The summed E-state index contributed by atoms with van der Waals surface area (Å²) in [6.45, 7) is 0. The molecule has 122 valence electrons. The lowest BCUT2D eigenvalue weighted by Crippen LogP contribution is -2.13. The number of carbonyl (C=O) groups excluding carboxylic acids is 1. The van der Waals surface area contributed by atoms with E-state index in [1.165, 1.54) is 11.8 Å². The second-order valence-corrected chi connectivity index (χ2v) is 5.60. The van der Waals surface area contributed by atoms with Gasteiger partial charge in [-0.15, -0.1) is 10.2 Å². The highest BCUT2D eigenvalue weighted by Crippen LogP contribution is 2.24. The summed E-state index contributed by atoms with van der Waals surface area (Å²) >= 11 is 1.18. The van der Waals surface area contributed by atoms with Crippen LogP contribution in [-0.4, -0.2) is 34.0 Å². The van der Waals surface area contributed by atoms with E-state index in [1.807, 2.05) is 24.3 Å². The number of nitrogens with one attached hydrogen (secondary N) is 1.